The van der Waals surface area contributed by atoms with Crippen molar-refractivity contribution < 1.29 is 64.0 Å². The molecule has 5 rings (SSSR count). The molecule has 2 aromatic carbocycles. The largest absolute Gasteiger partial charge is 0.507 e. The van der Waals surface area contributed by atoms with Crippen LogP contribution in [0.4, 0.5) is 5.69 Å². The van der Waals surface area contributed by atoms with E-state index < -0.39 is 88.8 Å². The number of fused-ring (bicyclic) bond motifs is 14. The van der Waals surface area contributed by atoms with Crippen molar-refractivity contribution in [2.24, 2.45) is 28.8 Å². The van der Waals surface area contributed by atoms with Gasteiger partial charge in [-0.3, -0.25) is 14.4 Å². The number of aliphatic hydroxyl groups is 3. The zero-order chi connectivity index (χ0) is 41.8. The lowest BCUT2D eigenvalue weighted by molar-refractivity contribution is -0.160. The number of ketones is 1. The summed E-state index contributed by atoms with van der Waals surface area (Å²) in [6.45, 7) is 12.1. The molecule has 0 unspecified atom stereocenters. The molecule has 306 valence electrons. The number of ether oxygens (including phenoxy) is 4. The highest BCUT2D eigenvalue weighted by Crippen LogP contribution is 2.55. The molecule has 8 N–H and O–H groups in total. The molecule has 0 saturated carbocycles. The molecule has 16 nitrogen and oxygen atoms in total. The Hall–Kier alpha value is -5.16. The van der Waals surface area contributed by atoms with Gasteiger partial charge in [0.2, 0.25) is 0 Å². The first-order valence-corrected chi connectivity index (χ1v) is 18.3. The molecule has 3 aliphatic rings. The summed E-state index contributed by atoms with van der Waals surface area (Å²) >= 11 is 0. The number of esters is 1. The normalized spacial score (nSPS) is 31.0. The van der Waals surface area contributed by atoms with Crippen LogP contribution in [0, 0.1) is 30.6 Å². The summed E-state index contributed by atoms with van der Waals surface area (Å²) in [4.78, 5) is 40.1. The van der Waals surface area contributed by atoms with Crippen molar-refractivity contribution in [2.75, 3.05) is 25.6 Å². The van der Waals surface area contributed by atoms with Gasteiger partial charge in [-0.05, 0) is 19.9 Å². The van der Waals surface area contributed by atoms with Crippen molar-refractivity contribution >= 4 is 40.3 Å². The van der Waals surface area contributed by atoms with Gasteiger partial charge in [0.05, 0.1) is 66.1 Å². The lowest BCUT2D eigenvalue weighted by Crippen LogP contribution is -2.46. The summed E-state index contributed by atoms with van der Waals surface area (Å²) in [7, 11) is 1.42. The minimum atomic E-state index is -2.07. The maximum Gasteiger partial charge on any atom is 0.312 e. The van der Waals surface area contributed by atoms with Gasteiger partial charge in [-0.2, -0.15) is 5.10 Å². The van der Waals surface area contributed by atoms with Crippen LogP contribution in [0.2, 0.25) is 0 Å². The number of hydrazone groups is 1. The first-order valence-electron chi connectivity index (χ1n) is 18.3. The van der Waals surface area contributed by atoms with Gasteiger partial charge in [0.15, 0.2) is 5.75 Å². The molecule has 56 heavy (non-hydrogen) atoms. The summed E-state index contributed by atoms with van der Waals surface area (Å²) in [6, 6.07) is 0. The van der Waals surface area contributed by atoms with Crippen molar-refractivity contribution in [3.8, 4) is 23.0 Å². The number of aliphatic hydroxyl groups excluding tert-OH is 3. The Kier molecular flexibility index (Phi) is 13.8. The number of amides is 1. The molecule has 3 aliphatic heterocycles. The van der Waals surface area contributed by atoms with Crippen LogP contribution in [0.3, 0.4) is 0 Å². The fourth-order valence-electron chi connectivity index (χ4n) is 7.10. The Morgan fingerprint density at radius 2 is 1.68 bits per heavy atom. The monoisotopic (exact) mass is 783 g/mol. The van der Waals surface area contributed by atoms with E-state index >= 15 is 0 Å². The maximum atomic E-state index is 14.3. The van der Waals surface area contributed by atoms with Gasteiger partial charge in [-0.15, -0.1) is 0 Å². The molecule has 1 amide bonds. The number of aromatic hydroxyl groups is 3. The number of carbonyl (C=O) groups is 3. The third-order valence-corrected chi connectivity index (χ3v) is 10.5. The average Bonchev–Trinajstić information content (AvgIpc) is 3.42. The Bertz CT molecular complexity index is 1960. The number of nitrogens with one attached hydrogen (secondary N) is 2. The Morgan fingerprint density at radius 1 is 1.00 bits per heavy atom. The van der Waals surface area contributed by atoms with Crippen molar-refractivity contribution in [1.82, 2.24) is 5.43 Å². The highest BCUT2D eigenvalue weighted by atomic mass is 16.7. The van der Waals surface area contributed by atoms with E-state index in [0.717, 1.165) is 6.21 Å². The van der Waals surface area contributed by atoms with Crippen molar-refractivity contribution in [2.45, 2.75) is 85.6 Å². The predicted molar refractivity (Wildman–Crippen MR) is 206 cm³/mol. The van der Waals surface area contributed by atoms with Crippen LogP contribution in [0.25, 0.3) is 10.8 Å². The number of hydrogen-bond donors (Lipinski definition) is 8. The van der Waals surface area contributed by atoms with Gasteiger partial charge in [-0.1, -0.05) is 45.9 Å². The predicted octanol–water partition coefficient (Wildman–Crippen LogP) is 3.67. The first-order chi connectivity index (χ1) is 26.3. The maximum absolute atomic E-state index is 14.3. The molecular weight excluding hydrogens is 730 g/mol. The standard InChI is InChI=1S/C40H53N3O13/c1-18-11-10-12-19(2)39(52)43-30-25(17-42-41-14-15-44)34(49)27-28(35(30)50)33(48)23(6)37-29(27)38(51)40(8,56-37)54-16-13-26(53-9)20(3)36(55-24(7)45)22(5)32(47)21(4)31(18)46/h10-13,16-18,20-22,26,31-32,36,41,44,46-50H,14-15H2,1-9H3,(H,43,52)/b11-10+,16-13+,19-12-,42-17+/t18-,20+,21+,22+,26-,31-,32+,36+,40-/m0/s1. The summed E-state index contributed by atoms with van der Waals surface area (Å²) in [5.74, 6) is -8.76. The van der Waals surface area contributed by atoms with Crippen molar-refractivity contribution in [3.05, 3.63) is 52.8 Å². The van der Waals surface area contributed by atoms with E-state index in [9.17, 15) is 45.0 Å². The van der Waals surface area contributed by atoms with Gasteiger partial charge < -0.3 is 60.3 Å². The molecule has 0 fully saturated rings. The van der Waals surface area contributed by atoms with Gasteiger partial charge in [0, 0.05) is 61.2 Å². The molecular formula is C40H53N3O13. The second-order valence-electron chi connectivity index (χ2n) is 14.5. The van der Waals surface area contributed by atoms with Gasteiger partial charge in [0.1, 0.15) is 23.4 Å². The average molecular weight is 784 g/mol. The van der Waals surface area contributed by atoms with Crippen molar-refractivity contribution in [3.63, 3.8) is 0 Å². The highest BCUT2D eigenvalue weighted by Gasteiger charge is 2.50. The summed E-state index contributed by atoms with van der Waals surface area (Å²) < 4.78 is 23.4. The van der Waals surface area contributed by atoms with E-state index in [1.807, 2.05) is 0 Å². The Morgan fingerprint density at radius 3 is 2.30 bits per heavy atom. The van der Waals surface area contributed by atoms with E-state index in [4.69, 9.17) is 18.9 Å². The van der Waals surface area contributed by atoms with E-state index in [1.54, 1.807) is 39.8 Å². The van der Waals surface area contributed by atoms with Crippen molar-refractivity contribution in [1.29, 1.82) is 0 Å². The van der Waals surface area contributed by atoms with Gasteiger partial charge >= 0.3 is 11.8 Å². The van der Waals surface area contributed by atoms with Crippen LogP contribution in [0.15, 0.2) is 41.2 Å². The SMILES string of the molecule is CO[C@H]1/C=C/O[C@@]2(C)Oc3c(C)c(O)c4c(O)c(c(/C=N/NCCO)c(O)c4c3C2=O)NC(=O)/C(C)=C\C=C\[C@H](C)[C@H](O)[C@@H](C)[C@@H](O)[C@@H](C)[C@H](OC(C)=O)[C@@H]1C. The van der Waals surface area contributed by atoms with Crippen LogP contribution >= 0.6 is 0 Å². The third-order valence-electron chi connectivity index (χ3n) is 10.5. The number of anilines is 1. The molecule has 0 spiro atoms. The number of rotatable bonds is 6. The zero-order valence-electron chi connectivity index (χ0n) is 33.0. The third kappa shape index (κ3) is 8.48. The summed E-state index contributed by atoms with van der Waals surface area (Å²) in [5.41, 5.74) is 1.87. The molecule has 0 aliphatic carbocycles. The number of methoxy groups -OCH3 is 1. The second kappa shape index (κ2) is 17.7. The van der Waals surface area contributed by atoms with Gasteiger partial charge in [-0.25, -0.2) is 0 Å². The number of Topliss-reactive ketones (excluding diaryl/α,β-unsaturated/α-hetero) is 1. The van der Waals surface area contributed by atoms with E-state index in [-0.39, 0.29) is 57.6 Å². The molecule has 0 radical (unpaired) electrons. The second-order valence-corrected chi connectivity index (χ2v) is 14.5. The highest BCUT2D eigenvalue weighted by molar-refractivity contribution is 6.23. The van der Waals surface area contributed by atoms with E-state index in [0.29, 0.717) is 0 Å². The van der Waals surface area contributed by atoms with Crippen LogP contribution in [-0.2, 0) is 23.8 Å². The molecule has 0 saturated heterocycles. The quantitative estimate of drug-likeness (QED) is 0.0521. The van der Waals surface area contributed by atoms with E-state index in [2.05, 4.69) is 15.8 Å². The molecule has 5 bridgehead atoms. The number of phenolic OH excluding ortho intramolecular Hbond substituents is 3. The molecule has 3 heterocycles. The number of allylic oxidation sites excluding steroid dienone is 2. The number of benzene rings is 2. The Balaban J connectivity index is 1.97. The van der Waals surface area contributed by atoms with Crippen LogP contribution < -0.4 is 15.5 Å². The van der Waals surface area contributed by atoms with Gasteiger partial charge in [0.25, 0.3) is 11.7 Å². The number of hydrogen-bond acceptors (Lipinski definition) is 15. The number of carbonyl (C=O) groups excluding carboxylic acids is 3. The smallest absolute Gasteiger partial charge is 0.312 e. The van der Waals surface area contributed by atoms with E-state index in [1.165, 1.54) is 53.2 Å². The fraction of sp³-hybridized carbons (Fsp3) is 0.500. The van der Waals surface area contributed by atoms with Crippen LogP contribution in [-0.4, -0.2) is 105 Å². The van der Waals surface area contributed by atoms with Crippen LogP contribution in [0.1, 0.15) is 70.0 Å². The topological polar surface area (TPSA) is 246 Å². The first kappa shape index (κ1) is 43.6. The number of nitrogens with zero attached hydrogens (tertiary/aromatic N) is 1. The molecule has 9 atom stereocenters. The molecule has 0 aromatic heterocycles. The summed E-state index contributed by atoms with van der Waals surface area (Å²) in [6.07, 6.45) is 4.42. The molecule has 16 heteroatoms. The minimum absolute atomic E-state index is 0.0209. The molecule has 2 aromatic rings. The summed E-state index contributed by atoms with van der Waals surface area (Å²) in [5, 5.41) is 72.8. The lowest BCUT2D eigenvalue weighted by atomic mass is 9.78. The zero-order valence-corrected chi connectivity index (χ0v) is 33.0. The van der Waals surface area contributed by atoms with Crippen LogP contribution in [0.5, 0.6) is 23.0 Å². The Labute approximate surface area is 325 Å². The number of phenols is 3. The fourth-order valence-corrected chi connectivity index (χ4v) is 7.10. The minimum Gasteiger partial charge on any atom is -0.507 e. The lowest BCUT2D eigenvalue weighted by Gasteiger charge is -2.38.